The van der Waals surface area contributed by atoms with Crippen molar-refractivity contribution < 1.29 is 51.4 Å². The molecule has 0 N–H and O–H groups in total. The van der Waals surface area contributed by atoms with E-state index in [1.807, 2.05) is 27.7 Å². The topological polar surface area (TPSA) is 26.3 Å². The van der Waals surface area contributed by atoms with Gasteiger partial charge in [0.25, 0.3) is 0 Å². The molecule has 12 heavy (non-hydrogen) atoms. The Bertz CT molecular complexity index is 141. The molecule has 0 amide bonds. The Hall–Kier alpha value is 1.56. The average Bonchev–Trinajstić information content (AvgIpc) is 1.82. The maximum absolute atomic E-state index is 11.7. The summed E-state index contributed by atoms with van der Waals surface area (Å²) in [4.78, 5) is 0. The fourth-order valence-electron chi connectivity index (χ4n) is 1.98. The van der Waals surface area contributed by atoms with Crippen LogP contribution in [0.2, 0.25) is 0 Å². The second kappa shape index (κ2) is 4.38. The van der Waals surface area contributed by atoms with E-state index >= 15 is 0 Å². The van der Waals surface area contributed by atoms with Crippen LogP contribution in [-0.4, -0.2) is 16.1 Å². The standard InChI is InChI=1S/C9H18NO.K/c1-8(2)6-5-7-9(3,4)10(8)11;/h5-7H2,1-4H3;/q-1;+1. The van der Waals surface area contributed by atoms with Crippen LogP contribution in [-0.2, 0) is 0 Å². The Kier molecular flexibility index (Phi) is 4.95. The fourth-order valence-corrected chi connectivity index (χ4v) is 1.98. The summed E-state index contributed by atoms with van der Waals surface area (Å²) in [5.74, 6) is 0. The zero-order valence-electron chi connectivity index (χ0n) is 8.98. The van der Waals surface area contributed by atoms with E-state index in [0.29, 0.717) is 0 Å². The van der Waals surface area contributed by atoms with E-state index in [1.165, 1.54) is 11.5 Å². The Morgan fingerprint density at radius 3 is 1.58 bits per heavy atom. The first-order valence-electron chi connectivity index (χ1n) is 4.34. The van der Waals surface area contributed by atoms with Gasteiger partial charge in [0.05, 0.1) is 0 Å². The molecule has 0 saturated carbocycles. The quantitative estimate of drug-likeness (QED) is 0.489. The van der Waals surface area contributed by atoms with E-state index in [-0.39, 0.29) is 62.5 Å². The summed E-state index contributed by atoms with van der Waals surface area (Å²) in [6.07, 6.45) is 3.23. The Morgan fingerprint density at radius 1 is 1.00 bits per heavy atom. The molecule has 1 aliphatic rings. The summed E-state index contributed by atoms with van der Waals surface area (Å²) in [7, 11) is 0. The second-order valence-electron chi connectivity index (χ2n) is 4.77. The SMILES string of the molecule is CC1(C)CCCC(C)(C)N1[O-].[K+]. The number of nitrogens with zero attached hydrogens (tertiary/aromatic N) is 1. The molecule has 1 heterocycles. The average molecular weight is 195 g/mol. The van der Waals surface area contributed by atoms with Gasteiger partial charge in [-0.2, -0.15) is 0 Å². The summed E-state index contributed by atoms with van der Waals surface area (Å²) >= 11 is 0. The number of piperidine rings is 1. The predicted molar refractivity (Wildman–Crippen MR) is 47.2 cm³/mol. The zero-order chi connectivity index (χ0) is 8.70. The molecule has 1 rings (SSSR count). The summed E-state index contributed by atoms with van der Waals surface area (Å²) in [6, 6.07) is 0. The van der Waals surface area contributed by atoms with Crippen molar-refractivity contribution in [1.29, 1.82) is 0 Å². The Balaban J connectivity index is 0.00000121. The van der Waals surface area contributed by atoms with E-state index in [0.717, 1.165) is 12.8 Å². The molecule has 0 atom stereocenters. The molecule has 1 saturated heterocycles. The van der Waals surface area contributed by atoms with Crippen LogP contribution in [0, 0.1) is 5.21 Å². The van der Waals surface area contributed by atoms with Gasteiger partial charge in [-0.15, -0.1) is 0 Å². The van der Waals surface area contributed by atoms with Crippen LogP contribution in [0.4, 0.5) is 0 Å². The molecule has 0 radical (unpaired) electrons. The van der Waals surface area contributed by atoms with Crippen LogP contribution in [0.15, 0.2) is 0 Å². The fraction of sp³-hybridized carbons (Fsp3) is 1.00. The van der Waals surface area contributed by atoms with Crippen LogP contribution in [0.1, 0.15) is 47.0 Å². The molecule has 66 valence electrons. The molecular weight excluding hydrogens is 177 g/mol. The smallest absolute Gasteiger partial charge is 0.784 e. The molecule has 0 bridgehead atoms. The molecule has 1 fully saturated rings. The van der Waals surface area contributed by atoms with E-state index in [2.05, 4.69) is 0 Å². The molecule has 2 nitrogen and oxygen atoms in total. The predicted octanol–water partition coefficient (Wildman–Crippen LogP) is -0.469. The molecular formula is C9H18KNO. The van der Waals surface area contributed by atoms with Gasteiger partial charge < -0.3 is 10.3 Å². The van der Waals surface area contributed by atoms with Gasteiger partial charge in [0.1, 0.15) is 0 Å². The summed E-state index contributed by atoms with van der Waals surface area (Å²) in [5.41, 5.74) is -0.302. The van der Waals surface area contributed by atoms with Crippen molar-refractivity contribution >= 4 is 0 Å². The third kappa shape index (κ3) is 2.77. The van der Waals surface area contributed by atoms with Crippen LogP contribution in [0.25, 0.3) is 0 Å². The monoisotopic (exact) mass is 195 g/mol. The number of hydroxylamine groups is 2. The first kappa shape index (κ1) is 13.6. The molecule has 0 unspecified atom stereocenters. The van der Waals surface area contributed by atoms with Gasteiger partial charge >= 0.3 is 51.4 Å². The number of rotatable bonds is 0. The first-order valence-corrected chi connectivity index (χ1v) is 4.34. The van der Waals surface area contributed by atoms with E-state index in [9.17, 15) is 5.21 Å². The van der Waals surface area contributed by atoms with Crippen molar-refractivity contribution in [3.05, 3.63) is 5.21 Å². The molecule has 0 aromatic heterocycles. The zero-order valence-corrected chi connectivity index (χ0v) is 12.1. The van der Waals surface area contributed by atoms with Crippen molar-refractivity contribution in [2.75, 3.05) is 0 Å². The summed E-state index contributed by atoms with van der Waals surface area (Å²) in [6.45, 7) is 8.11. The maximum atomic E-state index is 11.7. The van der Waals surface area contributed by atoms with Crippen LogP contribution < -0.4 is 51.4 Å². The number of hydrogen-bond donors (Lipinski definition) is 0. The van der Waals surface area contributed by atoms with Crippen molar-refractivity contribution in [2.24, 2.45) is 0 Å². The Morgan fingerprint density at radius 2 is 1.33 bits per heavy atom. The second-order valence-corrected chi connectivity index (χ2v) is 4.77. The van der Waals surface area contributed by atoms with Gasteiger partial charge in [0, 0.05) is 11.1 Å². The summed E-state index contributed by atoms with van der Waals surface area (Å²) < 4.78 is 0. The van der Waals surface area contributed by atoms with Crippen molar-refractivity contribution in [1.82, 2.24) is 5.06 Å². The summed E-state index contributed by atoms with van der Waals surface area (Å²) in [5, 5.41) is 13.0. The maximum Gasteiger partial charge on any atom is 1.00 e. The third-order valence-electron chi connectivity index (χ3n) is 2.68. The van der Waals surface area contributed by atoms with Gasteiger partial charge in [0.2, 0.25) is 0 Å². The molecule has 0 aromatic rings. The van der Waals surface area contributed by atoms with Crippen molar-refractivity contribution in [3.63, 3.8) is 0 Å². The molecule has 0 spiro atoms. The largest absolute Gasteiger partial charge is 1.00 e. The minimum Gasteiger partial charge on any atom is -0.784 e. The van der Waals surface area contributed by atoms with Gasteiger partial charge in [0.15, 0.2) is 0 Å². The van der Waals surface area contributed by atoms with Gasteiger partial charge in [-0.25, -0.2) is 0 Å². The van der Waals surface area contributed by atoms with Crippen molar-refractivity contribution in [3.8, 4) is 0 Å². The van der Waals surface area contributed by atoms with Crippen LogP contribution in [0.5, 0.6) is 0 Å². The van der Waals surface area contributed by atoms with Gasteiger partial charge in [-0.3, -0.25) is 0 Å². The van der Waals surface area contributed by atoms with Crippen LogP contribution in [0.3, 0.4) is 0 Å². The molecule has 3 heteroatoms. The molecule has 0 aromatic carbocycles. The van der Waals surface area contributed by atoms with E-state index < -0.39 is 0 Å². The molecule has 0 aliphatic carbocycles. The van der Waals surface area contributed by atoms with E-state index in [1.54, 1.807) is 0 Å². The van der Waals surface area contributed by atoms with Gasteiger partial charge in [-0.1, -0.05) is 0 Å². The third-order valence-corrected chi connectivity index (χ3v) is 2.68. The number of hydrogen-bond acceptors (Lipinski definition) is 2. The normalized spacial score (nSPS) is 27.8. The van der Waals surface area contributed by atoms with Crippen molar-refractivity contribution in [2.45, 2.75) is 58.0 Å². The minimum absolute atomic E-state index is 0. The minimum atomic E-state index is -0.151. The Labute approximate surface area is 118 Å². The van der Waals surface area contributed by atoms with E-state index in [4.69, 9.17) is 0 Å². The molecule has 1 aliphatic heterocycles. The first-order chi connectivity index (χ1) is 4.86. The van der Waals surface area contributed by atoms with Gasteiger partial charge in [-0.05, 0) is 47.0 Å². The van der Waals surface area contributed by atoms with Crippen LogP contribution >= 0.6 is 0 Å².